The van der Waals surface area contributed by atoms with E-state index in [0.717, 1.165) is 24.2 Å². The Kier molecular flexibility index (Phi) is 3.10. The number of aliphatic hydroxyl groups is 2. The normalized spacial score (nSPS) is 25.1. The zero-order chi connectivity index (χ0) is 11.8. The van der Waals surface area contributed by atoms with Gasteiger partial charge in [0, 0.05) is 29.4 Å². The number of hydrogen-bond donors (Lipinski definition) is 2. The van der Waals surface area contributed by atoms with Crippen LogP contribution in [-0.2, 0) is 6.61 Å². The van der Waals surface area contributed by atoms with Crippen LogP contribution in [0.4, 0.5) is 5.69 Å². The van der Waals surface area contributed by atoms with Gasteiger partial charge in [-0.25, -0.2) is 0 Å². The van der Waals surface area contributed by atoms with Gasteiger partial charge < -0.3 is 15.1 Å². The molecule has 2 rings (SSSR count). The highest BCUT2D eigenvalue weighted by atomic mass is 35.5. The number of nitrogens with zero attached hydrogens (tertiary/aromatic N) is 1. The third kappa shape index (κ3) is 2.17. The highest BCUT2D eigenvalue weighted by molar-refractivity contribution is 6.31. The highest BCUT2D eigenvalue weighted by Crippen LogP contribution is 2.32. The number of anilines is 1. The van der Waals surface area contributed by atoms with E-state index in [1.54, 1.807) is 6.07 Å². The van der Waals surface area contributed by atoms with Gasteiger partial charge in [-0.05, 0) is 25.5 Å². The Morgan fingerprint density at radius 1 is 1.50 bits per heavy atom. The van der Waals surface area contributed by atoms with Crippen molar-refractivity contribution in [3.05, 3.63) is 28.8 Å². The van der Waals surface area contributed by atoms with E-state index in [1.165, 1.54) is 0 Å². The van der Waals surface area contributed by atoms with Crippen molar-refractivity contribution in [2.75, 3.05) is 18.0 Å². The van der Waals surface area contributed by atoms with E-state index in [9.17, 15) is 10.2 Å². The van der Waals surface area contributed by atoms with Crippen LogP contribution < -0.4 is 4.90 Å². The molecule has 0 aromatic heterocycles. The van der Waals surface area contributed by atoms with Gasteiger partial charge >= 0.3 is 0 Å². The fraction of sp³-hybridized carbons (Fsp3) is 0.500. The van der Waals surface area contributed by atoms with Gasteiger partial charge in [0.15, 0.2) is 0 Å². The van der Waals surface area contributed by atoms with E-state index in [2.05, 4.69) is 4.90 Å². The molecule has 2 N–H and O–H groups in total. The monoisotopic (exact) mass is 241 g/mol. The van der Waals surface area contributed by atoms with Crippen LogP contribution in [0.25, 0.3) is 0 Å². The van der Waals surface area contributed by atoms with Crippen LogP contribution in [0.5, 0.6) is 0 Å². The van der Waals surface area contributed by atoms with Crippen LogP contribution >= 0.6 is 11.6 Å². The molecule has 1 aromatic carbocycles. The van der Waals surface area contributed by atoms with E-state index in [0.29, 0.717) is 11.6 Å². The first-order valence-corrected chi connectivity index (χ1v) is 5.77. The molecule has 16 heavy (non-hydrogen) atoms. The van der Waals surface area contributed by atoms with Crippen LogP contribution in [0.1, 0.15) is 18.9 Å². The Bertz CT molecular complexity index is 393. The number of aliphatic hydroxyl groups excluding tert-OH is 1. The van der Waals surface area contributed by atoms with Crippen LogP contribution in [0.15, 0.2) is 18.2 Å². The summed E-state index contributed by atoms with van der Waals surface area (Å²) in [6, 6.07) is 5.56. The van der Waals surface area contributed by atoms with Gasteiger partial charge in [0.1, 0.15) is 0 Å². The smallest absolute Gasteiger partial charge is 0.0810 e. The topological polar surface area (TPSA) is 43.7 Å². The molecule has 1 aliphatic heterocycles. The maximum Gasteiger partial charge on any atom is 0.0810 e. The molecule has 1 saturated heterocycles. The van der Waals surface area contributed by atoms with Gasteiger partial charge in [-0.15, -0.1) is 0 Å². The largest absolute Gasteiger partial charge is 0.392 e. The predicted octanol–water partition coefficient (Wildman–Crippen LogP) is 1.79. The average Bonchev–Trinajstić information content (AvgIpc) is 2.58. The molecule has 0 saturated carbocycles. The van der Waals surface area contributed by atoms with Crippen LogP contribution in [0.2, 0.25) is 5.02 Å². The summed E-state index contributed by atoms with van der Waals surface area (Å²) in [7, 11) is 0. The van der Waals surface area contributed by atoms with Crippen molar-refractivity contribution in [2.24, 2.45) is 0 Å². The summed E-state index contributed by atoms with van der Waals surface area (Å²) >= 11 is 6.03. The van der Waals surface area contributed by atoms with Gasteiger partial charge in [0.05, 0.1) is 12.2 Å². The summed E-state index contributed by atoms with van der Waals surface area (Å²) in [4.78, 5) is 2.07. The summed E-state index contributed by atoms with van der Waals surface area (Å²) in [6.45, 7) is 3.13. The van der Waals surface area contributed by atoms with Crippen LogP contribution in [0.3, 0.4) is 0 Å². The summed E-state index contributed by atoms with van der Waals surface area (Å²) < 4.78 is 0. The Labute approximate surface area is 100 Å². The van der Waals surface area contributed by atoms with Crippen molar-refractivity contribution in [1.82, 2.24) is 0 Å². The van der Waals surface area contributed by atoms with Crippen molar-refractivity contribution in [3.63, 3.8) is 0 Å². The molecule has 4 heteroatoms. The zero-order valence-corrected chi connectivity index (χ0v) is 10.0. The van der Waals surface area contributed by atoms with Crippen LogP contribution in [-0.4, -0.2) is 28.9 Å². The summed E-state index contributed by atoms with van der Waals surface area (Å²) in [5, 5.41) is 19.8. The quantitative estimate of drug-likeness (QED) is 0.830. The molecule has 1 heterocycles. The van der Waals surface area contributed by atoms with E-state index in [4.69, 9.17) is 11.6 Å². The first-order valence-electron chi connectivity index (χ1n) is 5.39. The third-order valence-electron chi connectivity index (χ3n) is 3.04. The van der Waals surface area contributed by atoms with Gasteiger partial charge in [0.2, 0.25) is 0 Å². The van der Waals surface area contributed by atoms with Crippen molar-refractivity contribution in [2.45, 2.75) is 25.6 Å². The minimum absolute atomic E-state index is 0.0757. The Morgan fingerprint density at radius 2 is 2.25 bits per heavy atom. The number of halogens is 1. The molecule has 1 fully saturated rings. The molecule has 0 radical (unpaired) electrons. The number of benzene rings is 1. The number of rotatable bonds is 2. The fourth-order valence-electron chi connectivity index (χ4n) is 2.15. The average molecular weight is 242 g/mol. The minimum atomic E-state index is -0.644. The number of hydrogen-bond acceptors (Lipinski definition) is 3. The first kappa shape index (κ1) is 11.7. The zero-order valence-electron chi connectivity index (χ0n) is 9.28. The molecule has 0 amide bonds. The molecule has 1 aromatic rings. The molecule has 88 valence electrons. The van der Waals surface area contributed by atoms with Crippen molar-refractivity contribution < 1.29 is 10.2 Å². The lowest BCUT2D eigenvalue weighted by Crippen LogP contribution is -2.30. The molecule has 0 bridgehead atoms. The third-order valence-corrected chi connectivity index (χ3v) is 3.40. The lowest BCUT2D eigenvalue weighted by Gasteiger charge is -2.23. The molecule has 1 aliphatic rings. The fourth-order valence-corrected chi connectivity index (χ4v) is 2.38. The van der Waals surface area contributed by atoms with Crippen molar-refractivity contribution >= 4 is 17.3 Å². The standard InChI is InChI=1S/C12H16ClNO2/c1-12(16)5-6-14(8-12)11-4-2-3-10(13)9(11)7-15/h2-4,15-16H,5-8H2,1H3. The van der Waals surface area contributed by atoms with E-state index < -0.39 is 5.60 Å². The number of β-amino-alcohol motifs (C(OH)–C–C–N with tert-alkyl or cyclic N) is 1. The van der Waals surface area contributed by atoms with Crippen LogP contribution in [0, 0.1) is 0 Å². The lowest BCUT2D eigenvalue weighted by atomic mass is 10.1. The first-order chi connectivity index (χ1) is 7.53. The molecule has 0 aliphatic carbocycles. The van der Waals surface area contributed by atoms with Gasteiger partial charge in [-0.3, -0.25) is 0 Å². The summed E-state index contributed by atoms with van der Waals surface area (Å²) in [5.74, 6) is 0. The van der Waals surface area contributed by atoms with E-state index in [-0.39, 0.29) is 6.61 Å². The molecular weight excluding hydrogens is 226 g/mol. The lowest BCUT2D eigenvalue weighted by molar-refractivity contribution is 0.0839. The van der Waals surface area contributed by atoms with Crippen molar-refractivity contribution in [1.29, 1.82) is 0 Å². The molecule has 1 unspecified atom stereocenters. The van der Waals surface area contributed by atoms with E-state index >= 15 is 0 Å². The highest BCUT2D eigenvalue weighted by Gasteiger charge is 2.32. The maximum absolute atomic E-state index is 9.92. The summed E-state index contributed by atoms with van der Waals surface area (Å²) in [5.41, 5.74) is 1.02. The SMILES string of the molecule is CC1(O)CCN(c2cccc(Cl)c2CO)C1. The maximum atomic E-state index is 9.92. The van der Waals surface area contributed by atoms with Crippen molar-refractivity contribution in [3.8, 4) is 0 Å². The Morgan fingerprint density at radius 3 is 2.81 bits per heavy atom. The van der Waals surface area contributed by atoms with Gasteiger partial charge in [0.25, 0.3) is 0 Å². The summed E-state index contributed by atoms with van der Waals surface area (Å²) in [6.07, 6.45) is 0.740. The Hall–Kier alpha value is -0.770. The molecule has 1 atom stereocenters. The molecule has 3 nitrogen and oxygen atoms in total. The molecule has 0 spiro atoms. The van der Waals surface area contributed by atoms with Gasteiger partial charge in [-0.2, -0.15) is 0 Å². The van der Waals surface area contributed by atoms with Gasteiger partial charge in [-0.1, -0.05) is 17.7 Å². The minimum Gasteiger partial charge on any atom is -0.392 e. The Balaban J connectivity index is 2.31. The predicted molar refractivity (Wildman–Crippen MR) is 64.8 cm³/mol. The second-order valence-electron chi connectivity index (χ2n) is 4.56. The second-order valence-corrected chi connectivity index (χ2v) is 4.97. The second kappa shape index (κ2) is 4.24. The van der Waals surface area contributed by atoms with E-state index in [1.807, 2.05) is 19.1 Å². The molecular formula is C12H16ClNO2.